The molecule has 2 heterocycles. The van der Waals surface area contributed by atoms with Crippen LogP contribution in [0.15, 0.2) is 59.7 Å². The van der Waals surface area contributed by atoms with Gasteiger partial charge >= 0.3 is 0 Å². The van der Waals surface area contributed by atoms with Crippen LogP contribution in [0.25, 0.3) is 10.4 Å². The third-order valence-electron chi connectivity index (χ3n) is 7.85. The third kappa shape index (κ3) is 7.42. The van der Waals surface area contributed by atoms with Crippen molar-refractivity contribution in [2.75, 3.05) is 13.1 Å². The first-order valence-corrected chi connectivity index (χ1v) is 14.5. The maximum absolute atomic E-state index is 13.7. The summed E-state index contributed by atoms with van der Waals surface area (Å²) in [7, 11) is 0. The molecule has 0 aliphatic carbocycles. The molecule has 10 heteroatoms. The van der Waals surface area contributed by atoms with Crippen LogP contribution in [0, 0.1) is 18.3 Å². The summed E-state index contributed by atoms with van der Waals surface area (Å²) < 4.78 is 5.89. The molecule has 220 valence electrons. The lowest BCUT2D eigenvalue weighted by Gasteiger charge is -2.31. The van der Waals surface area contributed by atoms with E-state index in [0.717, 1.165) is 24.0 Å². The van der Waals surface area contributed by atoms with E-state index in [1.165, 1.54) is 4.90 Å². The number of nitrogens with one attached hydrogen (secondary N) is 1. The van der Waals surface area contributed by atoms with Crippen LogP contribution in [0.2, 0.25) is 0 Å². The van der Waals surface area contributed by atoms with Gasteiger partial charge in [0.2, 0.25) is 17.7 Å². The largest absolute Gasteiger partial charge is 0.489 e. The van der Waals surface area contributed by atoms with Crippen molar-refractivity contribution >= 4 is 17.7 Å². The highest BCUT2D eigenvalue weighted by molar-refractivity contribution is 5.94. The Hall–Kier alpha value is -4.48. The summed E-state index contributed by atoms with van der Waals surface area (Å²) in [4.78, 5) is 46.6. The summed E-state index contributed by atoms with van der Waals surface area (Å²) in [5.74, 6) is 2.16. The number of benzene rings is 2. The molecule has 2 saturated heterocycles. The third-order valence-corrected chi connectivity index (χ3v) is 7.85. The van der Waals surface area contributed by atoms with Crippen molar-refractivity contribution in [3.63, 3.8) is 0 Å². The van der Waals surface area contributed by atoms with Gasteiger partial charge in [-0.05, 0) is 60.4 Å². The van der Waals surface area contributed by atoms with Crippen molar-refractivity contribution in [3.8, 4) is 18.1 Å². The van der Waals surface area contributed by atoms with E-state index in [9.17, 15) is 14.4 Å². The quantitative estimate of drug-likeness (QED) is 0.188. The zero-order valence-corrected chi connectivity index (χ0v) is 24.2. The lowest BCUT2D eigenvalue weighted by atomic mass is 10.0. The first-order valence-electron chi connectivity index (χ1n) is 14.5. The molecule has 2 aromatic carbocycles. The van der Waals surface area contributed by atoms with Gasteiger partial charge in [-0.3, -0.25) is 14.4 Å². The van der Waals surface area contributed by atoms with Crippen molar-refractivity contribution < 1.29 is 19.1 Å². The SMILES string of the molecule is C#C[C@@H]1CCCN1C(=O)[C@H](Cc1ccc(OCc2ccccc2)cc1)NC(=O)[C@@H]1CCCN1C(=O)[C@@H](N=[N+]=[N-])C(C)C. The van der Waals surface area contributed by atoms with Crippen LogP contribution < -0.4 is 10.1 Å². The molecule has 2 aliphatic rings. The second-order valence-corrected chi connectivity index (χ2v) is 11.1. The highest BCUT2D eigenvalue weighted by Crippen LogP contribution is 2.24. The average molecular weight is 571 g/mol. The fraction of sp³-hybridized carbons (Fsp3) is 0.469. The molecule has 2 aliphatic heterocycles. The van der Waals surface area contributed by atoms with E-state index in [1.54, 1.807) is 18.7 Å². The molecule has 0 bridgehead atoms. The van der Waals surface area contributed by atoms with Crippen molar-refractivity contribution in [2.24, 2.45) is 11.0 Å². The van der Waals surface area contributed by atoms with Crippen LogP contribution in [0.4, 0.5) is 0 Å². The number of azide groups is 1. The Morgan fingerprint density at radius 3 is 2.38 bits per heavy atom. The second-order valence-electron chi connectivity index (χ2n) is 11.1. The molecule has 0 spiro atoms. The fourth-order valence-corrected chi connectivity index (χ4v) is 5.57. The van der Waals surface area contributed by atoms with Crippen molar-refractivity contribution in [3.05, 3.63) is 76.2 Å². The Morgan fingerprint density at radius 2 is 1.71 bits per heavy atom. The van der Waals surface area contributed by atoms with E-state index in [0.29, 0.717) is 38.3 Å². The molecule has 4 rings (SSSR count). The molecule has 3 amide bonds. The van der Waals surface area contributed by atoms with Gasteiger partial charge in [0.15, 0.2) is 0 Å². The lowest BCUT2D eigenvalue weighted by molar-refractivity contribution is -0.142. The Bertz CT molecular complexity index is 1330. The number of carbonyl (C=O) groups is 3. The molecule has 0 unspecified atom stereocenters. The molecule has 0 radical (unpaired) electrons. The highest BCUT2D eigenvalue weighted by Gasteiger charge is 2.40. The van der Waals surface area contributed by atoms with E-state index in [4.69, 9.17) is 16.7 Å². The number of hydrogen-bond acceptors (Lipinski definition) is 5. The summed E-state index contributed by atoms with van der Waals surface area (Å²) in [6.07, 6.45) is 8.58. The number of likely N-dealkylation sites (tertiary alicyclic amines) is 2. The van der Waals surface area contributed by atoms with Crippen LogP contribution >= 0.6 is 0 Å². The van der Waals surface area contributed by atoms with Gasteiger partial charge in [-0.1, -0.05) is 67.3 Å². The first kappa shape index (κ1) is 30.5. The lowest BCUT2D eigenvalue weighted by Crippen LogP contribution is -2.56. The minimum absolute atomic E-state index is 0.220. The summed E-state index contributed by atoms with van der Waals surface area (Å²) in [6.45, 7) is 4.95. The summed E-state index contributed by atoms with van der Waals surface area (Å²) in [6, 6.07) is 14.5. The van der Waals surface area contributed by atoms with Gasteiger partial charge in [0, 0.05) is 24.4 Å². The molecule has 0 aromatic heterocycles. The van der Waals surface area contributed by atoms with Crippen LogP contribution in [0.5, 0.6) is 5.75 Å². The van der Waals surface area contributed by atoms with E-state index in [-0.39, 0.29) is 30.2 Å². The van der Waals surface area contributed by atoms with Gasteiger partial charge < -0.3 is 19.9 Å². The van der Waals surface area contributed by atoms with E-state index >= 15 is 0 Å². The zero-order chi connectivity index (χ0) is 30.1. The number of amides is 3. The van der Waals surface area contributed by atoms with Crippen molar-refractivity contribution in [2.45, 2.75) is 76.7 Å². The Kier molecular flexibility index (Phi) is 10.5. The van der Waals surface area contributed by atoms with Crippen LogP contribution in [0.1, 0.15) is 50.7 Å². The zero-order valence-electron chi connectivity index (χ0n) is 24.2. The molecular formula is C32H38N6O4. The summed E-state index contributed by atoms with van der Waals surface area (Å²) in [5, 5.41) is 6.63. The van der Waals surface area contributed by atoms with Crippen LogP contribution in [-0.2, 0) is 27.4 Å². The summed E-state index contributed by atoms with van der Waals surface area (Å²) >= 11 is 0. The predicted molar refractivity (Wildman–Crippen MR) is 159 cm³/mol. The number of nitrogens with zero attached hydrogens (tertiary/aromatic N) is 5. The second kappa shape index (κ2) is 14.4. The molecule has 2 fully saturated rings. The standard InChI is InChI=1S/C32H38N6O4/c1-4-25-12-8-18-37(25)31(40)27(20-23-14-16-26(17-15-23)42-21-24-10-6-5-7-11-24)34-30(39)28-13-9-19-38(28)32(41)29(22(2)3)35-36-33/h1,5-7,10-11,14-17,22,25,27-29H,8-9,12-13,18-21H2,2-3H3,(H,34,39)/t25-,27+,28+,29+/m1/s1. The maximum Gasteiger partial charge on any atom is 0.246 e. The van der Waals surface area contributed by atoms with Gasteiger partial charge in [0.25, 0.3) is 0 Å². The van der Waals surface area contributed by atoms with Gasteiger partial charge in [0.05, 0.1) is 6.04 Å². The minimum Gasteiger partial charge on any atom is -0.489 e. The monoisotopic (exact) mass is 570 g/mol. The van der Waals surface area contributed by atoms with Gasteiger partial charge in [0.1, 0.15) is 30.5 Å². The molecule has 42 heavy (non-hydrogen) atoms. The van der Waals surface area contributed by atoms with Crippen LogP contribution in [0.3, 0.4) is 0 Å². The number of rotatable bonds is 11. The molecule has 10 nitrogen and oxygen atoms in total. The number of hydrogen-bond donors (Lipinski definition) is 1. The van der Waals surface area contributed by atoms with Gasteiger partial charge in [-0.25, -0.2) is 0 Å². The van der Waals surface area contributed by atoms with Crippen molar-refractivity contribution in [1.29, 1.82) is 0 Å². The molecule has 0 saturated carbocycles. The van der Waals surface area contributed by atoms with E-state index in [1.807, 2.05) is 54.6 Å². The Labute approximate surface area is 247 Å². The smallest absolute Gasteiger partial charge is 0.246 e. The minimum atomic E-state index is -0.899. The van der Waals surface area contributed by atoms with E-state index < -0.39 is 24.0 Å². The number of ether oxygens (including phenoxy) is 1. The Balaban J connectivity index is 1.49. The molecule has 2 aromatic rings. The molecule has 4 atom stereocenters. The number of carbonyl (C=O) groups excluding carboxylic acids is 3. The van der Waals surface area contributed by atoms with Gasteiger partial charge in [-0.2, -0.15) is 0 Å². The summed E-state index contributed by atoms with van der Waals surface area (Å²) in [5.41, 5.74) is 10.9. The first-order chi connectivity index (χ1) is 20.3. The van der Waals surface area contributed by atoms with Gasteiger partial charge in [-0.15, -0.1) is 6.42 Å². The maximum atomic E-state index is 13.7. The Morgan fingerprint density at radius 1 is 1.02 bits per heavy atom. The van der Waals surface area contributed by atoms with Crippen LogP contribution in [-0.4, -0.2) is 64.8 Å². The normalized spacial score (nSPS) is 19.5. The van der Waals surface area contributed by atoms with Crippen molar-refractivity contribution in [1.82, 2.24) is 15.1 Å². The topological polar surface area (TPSA) is 128 Å². The molecule has 1 N–H and O–H groups in total. The van der Waals surface area contributed by atoms with E-state index in [2.05, 4.69) is 21.3 Å². The average Bonchev–Trinajstić information content (AvgIpc) is 3.69. The predicted octanol–water partition coefficient (Wildman–Crippen LogP) is 4.24. The highest BCUT2D eigenvalue weighted by atomic mass is 16.5. The number of terminal acetylenes is 1. The fourth-order valence-electron chi connectivity index (χ4n) is 5.57. The molecular weight excluding hydrogens is 532 g/mol.